The molecule has 0 aromatic rings. The zero-order chi connectivity index (χ0) is 10.3. The van der Waals surface area contributed by atoms with E-state index in [0.717, 1.165) is 32.3 Å². The average Bonchev–Trinajstić information content (AvgIpc) is 2.92. The van der Waals surface area contributed by atoms with E-state index in [1.54, 1.807) is 0 Å². The van der Waals surface area contributed by atoms with Crippen LogP contribution in [0, 0.1) is 11.3 Å². The molecule has 3 fully saturated rings. The molecule has 86 valence electrons. The molecule has 0 aromatic heterocycles. The van der Waals surface area contributed by atoms with Gasteiger partial charge in [0.25, 0.3) is 0 Å². The largest absolute Gasteiger partial charge is 0.380 e. The molecule has 2 unspecified atom stereocenters. The Morgan fingerprint density at radius 1 is 1.27 bits per heavy atom. The van der Waals surface area contributed by atoms with E-state index in [1.165, 1.54) is 19.3 Å². The van der Waals surface area contributed by atoms with Crippen molar-refractivity contribution < 1.29 is 9.47 Å². The standard InChI is InChI=1S/C12H21NO2/c1-12(7-14-8-12)6-13-10-4-5-15-11(10)9-2-3-9/h9-11,13H,2-8H2,1H3. The lowest BCUT2D eigenvalue weighted by Gasteiger charge is -2.39. The van der Waals surface area contributed by atoms with Gasteiger partial charge in [-0.25, -0.2) is 0 Å². The highest BCUT2D eigenvalue weighted by atomic mass is 16.5. The molecule has 0 radical (unpaired) electrons. The lowest BCUT2D eigenvalue weighted by molar-refractivity contribution is -0.101. The first-order valence-electron chi connectivity index (χ1n) is 6.20. The second kappa shape index (κ2) is 3.72. The fourth-order valence-corrected chi connectivity index (χ4v) is 2.65. The Labute approximate surface area is 91.5 Å². The molecule has 2 atom stereocenters. The van der Waals surface area contributed by atoms with Gasteiger partial charge in [0.2, 0.25) is 0 Å². The van der Waals surface area contributed by atoms with Crippen molar-refractivity contribution in [2.24, 2.45) is 11.3 Å². The van der Waals surface area contributed by atoms with E-state index in [1.807, 2.05) is 0 Å². The van der Waals surface area contributed by atoms with E-state index < -0.39 is 0 Å². The molecule has 2 heterocycles. The van der Waals surface area contributed by atoms with Gasteiger partial charge in [-0.15, -0.1) is 0 Å². The van der Waals surface area contributed by atoms with Crippen molar-refractivity contribution in [2.45, 2.75) is 38.3 Å². The summed E-state index contributed by atoms with van der Waals surface area (Å²) < 4.78 is 11.1. The molecule has 3 aliphatic rings. The second-order valence-corrected chi connectivity index (χ2v) is 5.75. The summed E-state index contributed by atoms with van der Waals surface area (Å²) in [5, 5.41) is 3.69. The van der Waals surface area contributed by atoms with Crippen LogP contribution in [0.1, 0.15) is 26.2 Å². The van der Waals surface area contributed by atoms with E-state index in [4.69, 9.17) is 9.47 Å². The summed E-state index contributed by atoms with van der Waals surface area (Å²) >= 11 is 0. The summed E-state index contributed by atoms with van der Waals surface area (Å²) in [4.78, 5) is 0. The van der Waals surface area contributed by atoms with Crippen LogP contribution in [0.15, 0.2) is 0 Å². The molecular weight excluding hydrogens is 190 g/mol. The minimum atomic E-state index is 0.386. The van der Waals surface area contributed by atoms with Gasteiger partial charge in [-0.05, 0) is 25.2 Å². The number of hydrogen-bond acceptors (Lipinski definition) is 3. The molecule has 1 aliphatic carbocycles. The fraction of sp³-hybridized carbons (Fsp3) is 1.00. The van der Waals surface area contributed by atoms with Gasteiger partial charge >= 0.3 is 0 Å². The zero-order valence-electron chi connectivity index (χ0n) is 9.50. The summed E-state index contributed by atoms with van der Waals surface area (Å²) in [5.74, 6) is 0.857. The molecule has 1 N–H and O–H groups in total. The molecule has 0 bridgehead atoms. The Morgan fingerprint density at radius 2 is 2.07 bits per heavy atom. The number of ether oxygens (including phenoxy) is 2. The highest BCUT2D eigenvalue weighted by molar-refractivity contribution is 4.95. The summed E-state index contributed by atoms with van der Waals surface area (Å²) in [6.07, 6.45) is 4.46. The number of rotatable bonds is 4. The molecule has 15 heavy (non-hydrogen) atoms. The van der Waals surface area contributed by atoms with Crippen molar-refractivity contribution in [2.75, 3.05) is 26.4 Å². The summed E-state index contributed by atoms with van der Waals surface area (Å²) in [6.45, 7) is 6.17. The number of nitrogens with one attached hydrogen (secondary N) is 1. The maximum atomic E-state index is 5.81. The van der Waals surface area contributed by atoms with E-state index in [-0.39, 0.29) is 0 Å². The minimum Gasteiger partial charge on any atom is -0.380 e. The molecule has 0 amide bonds. The van der Waals surface area contributed by atoms with Crippen LogP contribution in [0.4, 0.5) is 0 Å². The van der Waals surface area contributed by atoms with E-state index in [0.29, 0.717) is 17.6 Å². The normalized spacial score (nSPS) is 39.0. The summed E-state index contributed by atoms with van der Waals surface area (Å²) in [5.41, 5.74) is 0.386. The van der Waals surface area contributed by atoms with Crippen molar-refractivity contribution in [3.05, 3.63) is 0 Å². The molecule has 3 rings (SSSR count). The molecule has 0 spiro atoms. The highest BCUT2D eigenvalue weighted by Gasteiger charge is 2.42. The topological polar surface area (TPSA) is 30.5 Å². The van der Waals surface area contributed by atoms with Crippen molar-refractivity contribution in [3.8, 4) is 0 Å². The zero-order valence-corrected chi connectivity index (χ0v) is 9.50. The minimum absolute atomic E-state index is 0.386. The van der Waals surface area contributed by atoms with Crippen LogP contribution in [0.3, 0.4) is 0 Å². The SMILES string of the molecule is CC1(CNC2CCOC2C2CC2)COC1. The fourth-order valence-electron chi connectivity index (χ4n) is 2.65. The first-order chi connectivity index (χ1) is 7.27. The third kappa shape index (κ3) is 2.05. The lowest BCUT2D eigenvalue weighted by Crippen LogP contribution is -2.51. The van der Waals surface area contributed by atoms with Crippen LogP contribution in [0.5, 0.6) is 0 Å². The number of hydrogen-bond donors (Lipinski definition) is 1. The van der Waals surface area contributed by atoms with Crippen LogP contribution in [-0.2, 0) is 9.47 Å². The van der Waals surface area contributed by atoms with E-state index in [9.17, 15) is 0 Å². The Bertz CT molecular complexity index is 236. The molecule has 1 saturated carbocycles. The Morgan fingerprint density at radius 3 is 2.67 bits per heavy atom. The van der Waals surface area contributed by atoms with E-state index >= 15 is 0 Å². The molecule has 0 aromatic carbocycles. The van der Waals surface area contributed by atoms with E-state index in [2.05, 4.69) is 12.2 Å². The molecule has 2 aliphatic heterocycles. The van der Waals surface area contributed by atoms with Gasteiger partial charge in [0.05, 0.1) is 19.3 Å². The third-order valence-corrected chi connectivity index (χ3v) is 3.91. The van der Waals surface area contributed by atoms with Crippen LogP contribution in [0.2, 0.25) is 0 Å². The van der Waals surface area contributed by atoms with Gasteiger partial charge in [-0.1, -0.05) is 6.92 Å². The van der Waals surface area contributed by atoms with Crippen LogP contribution in [0.25, 0.3) is 0 Å². The van der Waals surface area contributed by atoms with Crippen molar-refractivity contribution in [1.82, 2.24) is 5.32 Å². The van der Waals surface area contributed by atoms with Crippen LogP contribution < -0.4 is 5.32 Å². The van der Waals surface area contributed by atoms with Crippen molar-refractivity contribution in [1.29, 1.82) is 0 Å². The lowest BCUT2D eigenvalue weighted by atomic mass is 9.88. The summed E-state index contributed by atoms with van der Waals surface area (Å²) in [6, 6.07) is 0.606. The van der Waals surface area contributed by atoms with Gasteiger partial charge in [0, 0.05) is 24.6 Å². The van der Waals surface area contributed by atoms with Crippen LogP contribution in [-0.4, -0.2) is 38.5 Å². The average molecular weight is 211 g/mol. The maximum absolute atomic E-state index is 5.81. The Hall–Kier alpha value is -0.120. The predicted octanol–water partition coefficient (Wildman–Crippen LogP) is 1.18. The molecule has 3 nitrogen and oxygen atoms in total. The first-order valence-corrected chi connectivity index (χ1v) is 6.20. The van der Waals surface area contributed by atoms with Crippen LogP contribution >= 0.6 is 0 Å². The first kappa shape index (κ1) is 10.1. The predicted molar refractivity (Wildman–Crippen MR) is 57.8 cm³/mol. The third-order valence-electron chi connectivity index (χ3n) is 3.91. The van der Waals surface area contributed by atoms with Crippen molar-refractivity contribution >= 4 is 0 Å². The monoisotopic (exact) mass is 211 g/mol. The maximum Gasteiger partial charge on any atom is 0.0756 e. The molecular formula is C12H21NO2. The van der Waals surface area contributed by atoms with Gasteiger partial charge in [-0.3, -0.25) is 0 Å². The Kier molecular flexibility index (Phi) is 2.49. The Balaban J connectivity index is 1.49. The van der Waals surface area contributed by atoms with Crippen molar-refractivity contribution in [3.63, 3.8) is 0 Å². The van der Waals surface area contributed by atoms with Gasteiger partial charge in [0.1, 0.15) is 0 Å². The molecule has 2 saturated heterocycles. The smallest absolute Gasteiger partial charge is 0.0756 e. The highest BCUT2D eigenvalue weighted by Crippen LogP contribution is 2.39. The van der Waals surface area contributed by atoms with Gasteiger partial charge in [0.15, 0.2) is 0 Å². The van der Waals surface area contributed by atoms with Gasteiger partial charge in [-0.2, -0.15) is 0 Å². The quantitative estimate of drug-likeness (QED) is 0.757. The second-order valence-electron chi connectivity index (χ2n) is 5.75. The van der Waals surface area contributed by atoms with Gasteiger partial charge < -0.3 is 14.8 Å². The summed E-state index contributed by atoms with van der Waals surface area (Å²) in [7, 11) is 0. The molecule has 3 heteroatoms.